The Labute approximate surface area is 173 Å². The third-order valence-corrected chi connectivity index (χ3v) is 6.01. The van der Waals surface area contributed by atoms with Crippen LogP contribution in [-0.2, 0) is 5.60 Å². The largest absolute Gasteiger partial charge is 0.380 e. The van der Waals surface area contributed by atoms with Gasteiger partial charge in [-0.3, -0.25) is 4.79 Å². The van der Waals surface area contributed by atoms with Gasteiger partial charge in [-0.1, -0.05) is 24.3 Å². The molecular weight excluding hydrogens is 366 g/mol. The van der Waals surface area contributed by atoms with Crippen LogP contribution in [0.1, 0.15) is 48.2 Å². The van der Waals surface area contributed by atoms with Crippen molar-refractivity contribution in [2.45, 2.75) is 32.3 Å². The molecule has 2 aromatic carbocycles. The second-order valence-corrected chi connectivity index (χ2v) is 7.64. The minimum Gasteiger partial charge on any atom is -0.380 e. The molecule has 2 aromatic rings. The molecule has 3 rings (SSSR count). The summed E-state index contributed by atoms with van der Waals surface area (Å²) in [5.41, 5.74) is 0.418. The summed E-state index contributed by atoms with van der Waals surface area (Å²) in [4.78, 5) is 16.1. The number of carbonyl (C=O) groups excluding carboxylic acids is 1. The van der Waals surface area contributed by atoms with E-state index in [0.717, 1.165) is 0 Å². The van der Waals surface area contributed by atoms with Crippen LogP contribution in [0.5, 0.6) is 0 Å². The molecule has 0 bridgehead atoms. The summed E-state index contributed by atoms with van der Waals surface area (Å²) in [6.45, 7) is 6.51. The molecule has 29 heavy (non-hydrogen) atoms. The molecule has 0 aliphatic carbocycles. The third kappa shape index (κ3) is 4.38. The fourth-order valence-corrected chi connectivity index (χ4v) is 4.24. The number of aliphatic hydroxyl groups is 1. The van der Waals surface area contributed by atoms with Crippen LogP contribution in [0.2, 0.25) is 0 Å². The Morgan fingerprint density at radius 3 is 2.31 bits per heavy atom. The Bertz CT molecular complexity index is 833. The number of piperidine rings is 1. The highest BCUT2D eigenvalue weighted by Gasteiger charge is 2.41. The maximum absolute atomic E-state index is 14.0. The van der Waals surface area contributed by atoms with E-state index in [9.17, 15) is 14.3 Å². The summed E-state index contributed by atoms with van der Waals surface area (Å²) in [5, 5.41) is 11.9. The summed E-state index contributed by atoms with van der Waals surface area (Å²) < 4.78 is 14.0. The van der Waals surface area contributed by atoms with Crippen molar-refractivity contribution in [3.8, 4) is 0 Å². The molecule has 1 N–H and O–H groups in total. The first-order chi connectivity index (χ1) is 13.9. The van der Waals surface area contributed by atoms with Crippen molar-refractivity contribution in [3.63, 3.8) is 0 Å². The predicted molar refractivity (Wildman–Crippen MR) is 113 cm³/mol. The number of hydrogen-bond acceptors (Lipinski definition) is 3. The Morgan fingerprint density at radius 1 is 1.14 bits per heavy atom. The van der Waals surface area contributed by atoms with Gasteiger partial charge in [-0.25, -0.2) is 4.39 Å². The van der Waals surface area contributed by atoms with Gasteiger partial charge >= 0.3 is 0 Å². The maximum Gasteiger partial charge on any atom is 0.253 e. The molecule has 1 unspecified atom stereocenters. The van der Waals surface area contributed by atoms with Crippen molar-refractivity contribution in [3.05, 3.63) is 71.0 Å². The molecule has 1 amide bonds. The van der Waals surface area contributed by atoms with E-state index in [1.165, 1.54) is 12.1 Å². The molecule has 0 spiro atoms. The SMILES string of the molecule is [B]N1CCC(C(O)(c2ccc(C(=O)N(CC)CC)cc2)c2cccc(F)c2)CC1. The first-order valence-electron chi connectivity index (χ1n) is 10.3. The highest BCUT2D eigenvalue weighted by molar-refractivity contribution is 6.04. The van der Waals surface area contributed by atoms with Crippen LogP contribution in [0.4, 0.5) is 4.39 Å². The quantitative estimate of drug-likeness (QED) is 0.765. The normalized spacial score (nSPS) is 17.7. The molecule has 0 saturated carbocycles. The molecule has 0 aromatic heterocycles. The van der Waals surface area contributed by atoms with Crippen molar-refractivity contribution < 1.29 is 14.3 Å². The molecule has 4 nitrogen and oxygen atoms in total. The van der Waals surface area contributed by atoms with Crippen molar-refractivity contribution >= 4 is 13.9 Å². The zero-order valence-corrected chi connectivity index (χ0v) is 17.1. The number of halogens is 1. The third-order valence-electron chi connectivity index (χ3n) is 6.01. The number of amides is 1. The Hall–Kier alpha value is -2.18. The zero-order valence-electron chi connectivity index (χ0n) is 17.1. The van der Waals surface area contributed by atoms with E-state index < -0.39 is 5.60 Å². The molecule has 2 radical (unpaired) electrons. The minimum atomic E-state index is -1.35. The Kier molecular flexibility index (Phi) is 6.76. The lowest BCUT2D eigenvalue weighted by Gasteiger charge is -2.42. The van der Waals surface area contributed by atoms with Crippen LogP contribution in [0, 0.1) is 11.7 Å². The lowest BCUT2D eigenvalue weighted by atomic mass is 9.71. The number of nitrogens with zero attached hydrogens (tertiary/aromatic N) is 2. The second-order valence-electron chi connectivity index (χ2n) is 7.64. The van der Waals surface area contributed by atoms with E-state index >= 15 is 0 Å². The van der Waals surface area contributed by atoms with Crippen molar-refractivity contribution in [1.29, 1.82) is 0 Å². The van der Waals surface area contributed by atoms with Crippen molar-refractivity contribution in [1.82, 2.24) is 9.71 Å². The second kappa shape index (κ2) is 9.10. The van der Waals surface area contributed by atoms with Crippen LogP contribution in [0.15, 0.2) is 48.5 Å². The van der Waals surface area contributed by atoms with Gasteiger partial charge in [0.1, 0.15) is 11.4 Å². The number of carbonyl (C=O) groups is 1. The van der Waals surface area contributed by atoms with Crippen LogP contribution in [0.25, 0.3) is 0 Å². The van der Waals surface area contributed by atoms with E-state index in [4.69, 9.17) is 7.98 Å². The Balaban J connectivity index is 1.99. The molecule has 1 heterocycles. The van der Waals surface area contributed by atoms with E-state index in [1.807, 2.05) is 13.8 Å². The number of rotatable bonds is 6. The molecule has 1 atom stereocenters. The first kappa shape index (κ1) is 21.5. The highest BCUT2D eigenvalue weighted by Crippen LogP contribution is 2.42. The summed E-state index contributed by atoms with van der Waals surface area (Å²) in [6, 6.07) is 13.2. The first-order valence-corrected chi connectivity index (χ1v) is 10.3. The summed E-state index contributed by atoms with van der Waals surface area (Å²) in [5.74, 6) is -0.522. The maximum atomic E-state index is 14.0. The van der Waals surface area contributed by atoms with E-state index in [1.54, 1.807) is 46.1 Å². The van der Waals surface area contributed by atoms with Gasteiger partial charge in [0.25, 0.3) is 5.91 Å². The van der Waals surface area contributed by atoms with E-state index in [-0.39, 0.29) is 17.6 Å². The van der Waals surface area contributed by atoms with Crippen molar-refractivity contribution in [2.24, 2.45) is 5.92 Å². The monoisotopic (exact) mass is 394 g/mol. The topological polar surface area (TPSA) is 43.8 Å². The van der Waals surface area contributed by atoms with Gasteiger partial charge in [-0.05, 0) is 81.1 Å². The molecule has 1 fully saturated rings. The fraction of sp³-hybridized carbons (Fsp3) is 0.435. The molecule has 1 saturated heterocycles. The van der Waals surface area contributed by atoms with Gasteiger partial charge in [0.05, 0.1) is 0 Å². The molecule has 1 aliphatic heterocycles. The summed E-state index contributed by atoms with van der Waals surface area (Å²) >= 11 is 0. The van der Waals surface area contributed by atoms with Gasteiger partial charge in [0.2, 0.25) is 0 Å². The van der Waals surface area contributed by atoms with Gasteiger partial charge in [0, 0.05) is 18.7 Å². The average Bonchev–Trinajstić information content (AvgIpc) is 2.74. The van der Waals surface area contributed by atoms with Gasteiger partial charge < -0.3 is 14.8 Å². The summed E-state index contributed by atoms with van der Waals surface area (Å²) in [6.07, 6.45) is 1.40. The number of benzene rings is 2. The number of hydrogen-bond donors (Lipinski definition) is 1. The lowest BCUT2D eigenvalue weighted by Crippen LogP contribution is -2.43. The highest BCUT2D eigenvalue weighted by atomic mass is 19.1. The summed E-state index contributed by atoms with van der Waals surface area (Å²) in [7, 11) is 5.90. The fourth-order valence-electron chi connectivity index (χ4n) is 4.24. The molecule has 152 valence electrons. The van der Waals surface area contributed by atoms with Crippen LogP contribution >= 0.6 is 0 Å². The smallest absolute Gasteiger partial charge is 0.253 e. The van der Waals surface area contributed by atoms with E-state index in [2.05, 4.69) is 0 Å². The standard InChI is InChI=1S/C23H28BFN2O2/c1-3-26(4-2)22(28)17-8-10-18(11-9-17)23(29,19-12-14-27(24)15-13-19)20-6-5-7-21(25)16-20/h5-11,16,19,29H,3-4,12-15H2,1-2H3. The van der Waals surface area contributed by atoms with Crippen LogP contribution < -0.4 is 0 Å². The predicted octanol–water partition coefficient (Wildman–Crippen LogP) is 3.34. The molecule has 1 aliphatic rings. The van der Waals surface area contributed by atoms with E-state index in [0.29, 0.717) is 55.7 Å². The van der Waals surface area contributed by atoms with Crippen LogP contribution in [-0.4, -0.2) is 54.9 Å². The molecular formula is C23H28BFN2O2. The van der Waals surface area contributed by atoms with Crippen molar-refractivity contribution in [2.75, 3.05) is 26.2 Å². The van der Waals surface area contributed by atoms with Gasteiger partial charge in [-0.15, -0.1) is 0 Å². The van der Waals surface area contributed by atoms with Gasteiger partial charge in [0.15, 0.2) is 7.98 Å². The average molecular weight is 394 g/mol. The van der Waals surface area contributed by atoms with Crippen LogP contribution in [0.3, 0.4) is 0 Å². The minimum absolute atomic E-state index is 0.0349. The Morgan fingerprint density at radius 2 is 1.76 bits per heavy atom. The molecule has 6 heteroatoms. The lowest BCUT2D eigenvalue weighted by molar-refractivity contribution is -0.00543. The van der Waals surface area contributed by atoms with Gasteiger partial charge in [-0.2, -0.15) is 0 Å². The zero-order chi connectivity index (χ0) is 21.0.